The lowest BCUT2D eigenvalue weighted by Crippen LogP contribution is -2.08. The van der Waals surface area contributed by atoms with Gasteiger partial charge in [-0.3, -0.25) is 4.68 Å². The maximum Gasteiger partial charge on any atom is 0.145 e. The van der Waals surface area contributed by atoms with Gasteiger partial charge in [-0.1, -0.05) is 13.8 Å². The molecule has 1 aromatic heterocycles. The number of nitrogen functional groups attached to an aromatic ring is 1. The predicted octanol–water partition coefficient (Wildman–Crippen LogP) is 2.17. The Morgan fingerprint density at radius 1 is 1.33 bits per heavy atom. The van der Waals surface area contributed by atoms with Gasteiger partial charge in [-0.25, -0.2) is 0 Å². The minimum absolute atomic E-state index is 0.389. The Morgan fingerprint density at radius 3 is 2.25 bits per heavy atom. The summed E-state index contributed by atoms with van der Waals surface area (Å²) in [6, 6.07) is 2.34. The standard InChI is InChI=1S/C9H17N3/c1-6(2)8-5-9(10)11-12(8)7(3)4/h5-7H,1-4H3,(H2,10,11). The van der Waals surface area contributed by atoms with Crippen LogP contribution in [0.2, 0.25) is 0 Å². The Balaban J connectivity index is 3.08. The van der Waals surface area contributed by atoms with Crippen LogP contribution in [0.5, 0.6) is 0 Å². The molecule has 1 rings (SSSR count). The highest BCUT2D eigenvalue weighted by Crippen LogP contribution is 2.20. The van der Waals surface area contributed by atoms with Gasteiger partial charge in [0.2, 0.25) is 0 Å². The molecule has 3 heteroatoms. The van der Waals surface area contributed by atoms with E-state index in [4.69, 9.17) is 5.73 Å². The molecule has 12 heavy (non-hydrogen) atoms. The molecule has 1 heterocycles. The summed E-state index contributed by atoms with van der Waals surface area (Å²) >= 11 is 0. The van der Waals surface area contributed by atoms with Crippen LogP contribution in [0.25, 0.3) is 0 Å². The normalized spacial score (nSPS) is 11.5. The second kappa shape index (κ2) is 3.17. The van der Waals surface area contributed by atoms with E-state index in [1.807, 2.05) is 10.7 Å². The number of rotatable bonds is 2. The largest absolute Gasteiger partial charge is 0.382 e. The van der Waals surface area contributed by atoms with Crippen LogP contribution in [0, 0.1) is 0 Å². The Hall–Kier alpha value is -0.990. The topological polar surface area (TPSA) is 43.8 Å². The fourth-order valence-corrected chi connectivity index (χ4v) is 1.27. The van der Waals surface area contributed by atoms with E-state index in [1.165, 1.54) is 5.69 Å². The van der Waals surface area contributed by atoms with Crippen molar-refractivity contribution in [2.24, 2.45) is 0 Å². The number of hydrogen-bond acceptors (Lipinski definition) is 2. The molecule has 0 aliphatic heterocycles. The quantitative estimate of drug-likeness (QED) is 0.733. The fourth-order valence-electron chi connectivity index (χ4n) is 1.27. The van der Waals surface area contributed by atoms with Crippen molar-refractivity contribution in [3.8, 4) is 0 Å². The average molecular weight is 167 g/mol. The Kier molecular flexibility index (Phi) is 2.40. The zero-order chi connectivity index (χ0) is 9.30. The van der Waals surface area contributed by atoms with Gasteiger partial charge in [-0.15, -0.1) is 0 Å². The molecular formula is C9H17N3. The second-order valence-electron chi connectivity index (χ2n) is 3.69. The van der Waals surface area contributed by atoms with Gasteiger partial charge in [0, 0.05) is 17.8 Å². The molecule has 0 atom stereocenters. The van der Waals surface area contributed by atoms with Crippen molar-refractivity contribution in [2.75, 3.05) is 5.73 Å². The minimum Gasteiger partial charge on any atom is -0.382 e. The maximum absolute atomic E-state index is 5.62. The highest BCUT2D eigenvalue weighted by atomic mass is 15.3. The molecular weight excluding hydrogens is 150 g/mol. The Labute approximate surface area is 73.6 Å². The van der Waals surface area contributed by atoms with Crippen LogP contribution >= 0.6 is 0 Å². The third-order valence-corrected chi connectivity index (χ3v) is 1.86. The van der Waals surface area contributed by atoms with Gasteiger partial charge in [-0.2, -0.15) is 5.10 Å². The molecule has 68 valence electrons. The number of hydrogen-bond donors (Lipinski definition) is 1. The van der Waals surface area contributed by atoms with Gasteiger partial charge in [0.1, 0.15) is 5.82 Å². The van der Waals surface area contributed by atoms with Gasteiger partial charge < -0.3 is 5.73 Å². The van der Waals surface area contributed by atoms with E-state index < -0.39 is 0 Å². The van der Waals surface area contributed by atoms with Crippen LogP contribution in [-0.4, -0.2) is 9.78 Å². The first-order valence-electron chi connectivity index (χ1n) is 4.37. The summed E-state index contributed by atoms with van der Waals surface area (Å²) in [4.78, 5) is 0. The molecule has 0 saturated heterocycles. The van der Waals surface area contributed by atoms with E-state index >= 15 is 0 Å². The second-order valence-corrected chi connectivity index (χ2v) is 3.69. The number of anilines is 1. The summed E-state index contributed by atoms with van der Waals surface area (Å²) < 4.78 is 1.99. The summed E-state index contributed by atoms with van der Waals surface area (Å²) in [6.45, 7) is 8.52. The lowest BCUT2D eigenvalue weighted by Gasteiger charge is -2.12. The predicted molar refractivity (Wildman–Crippen MR) is 51.1 cm³/mol. The minimum atomic E-state index is 0.389. The highest BCUT2D eigenvalue weighted by Gasteiger charge is 2.11. The van der Waals surface area contributed by atoms with Crippen LogP contribution in [0.1, 0.15) is 45.3 Å². The number of aromatic nitrogens is 2. The van der Waals surface area contributed by atoms with Crippen molar-refractivity contribution in [3.05, 3.63) is 11.8 Å². The summed E-state index contributed by atoms with van der Waals surface area (Å²) in [7, 11) is 0. The van der Waals surface area contributed by atoms with Crippen molar-refractivity contribution >= 4 is 5.82 Å². The van der Waals surface area contributed by atoms with Crippen LogP contribution < -0.4 is 5.73 Å². The Bertz CT molecular complexity index is 235. The fraction of sp³-hybridized carbons (Fsp3) is 0.667. The summed E-state index contributed by atoms with van der Waals surface area (Å²) in [5.74, 6) is 1.10. The van der Waals surface area contributed by atoms with Crippen LogP contribution in [0.4, 0.5) is 5.82 Å². The van der Waals surface area contributed by atoms with Crippen molar-refractivity contribution in [2.45, 2.75) is 39.7 Å². The molecule has 0 amide bonds. The van der Waals surface area contributed by atoms with Crippen molar-refractivity contribution < 1.29 is 0 Å². The first kappa shape index (κ1) is 9.10. The average Bonchev–Trinajstić information content (AvgIpc) is 2.31. The lowest BCUT2D eigenvalue weighted by molar-refractivity contribution is 0.499. The van der Waals surface area contributed by atoms with Gasteiger partial charge >= 0.3 is 0 Å². The van der Waals surface area contributed by atoms with E-state index in [0.717, 1.165) is 0 Å². The SMILES string of the molecule is CC(C)c1cc(N)nn1C(C)C. The van der Waals surface area contributed by atoms with Gasteiger partial charge in [0.15, 0.2) is 0 Å². The van der Waals surface area contributed by atoms with Crippen molar-refractivity contribution in [1.29, 1.82) is 0 Å². The molecule has 0 aliphatic carbocycles. The molecule has 2 N–H and O–H groups in total. The van der Waals surface area contributed by atoms with E-state index in [0.29, 0.717) is 17.8 Å². The van der Waals surface area contributed by atoms with Gasteiger partial charge in [-0.05, 0) is 19.8 Å². The summed E-state index contributed by atoms with van der Waals surface area (Å²) in [6.07, 6.45) is 0. The molecule has 0 bridgehead atoms. The molecule has 0 spiro atoms. The lowest BCUT2D eigenvalue weighted by atomic mass is 10.1. The molecule has 0 fully saturated rings. The van der Waals surface area contributed by atoms with Crippen LogP contribution in [0.3, 0.4) is 0 Å². The zero-order valence-electron chi connectivity index (χ0n) is 8.20. The van der Waals surface area contributed by atoms with Crippen molar-refractivity contribution in [3.63, 3.8) is 0 Å². The Morgan fingerprint density at radius 2 is 1.92 bits per heavy atom. The third kappa shape index (κ3) is 1.60. The molecule has 0 aromatic carbocycles. The molecule has 0 radical (unpaired) electrons. The van der Waals surface area contributed by atoms with Crippen molar-refractivity contribution in [1.82, 2.24) is 9.78 Å². The van der Waals surface area contributed by atoms with Gasteiger partial charge in [0.25, 0.3) is 0 Å². The van der Waals surface area contributed by atoms with Crippen LogP contribution in [0.15, 0.2) is 6.07 Å². The molecule has 0 saturated carbocycles. The van der Waals surface area contributed by atoms with E-state index in [2.05, 4.69) is 32.8 Å². The molecule has 0 aliphatic rings. The summed E-state index contributed by atoms with van der Waals surface area (Å²) in [5, 5.41) is 4.23. The smallest absolute Gasteiger partial charge is 0.145 e. The maximum atomic E-state index is 5.62. The molecule has 0 unspecified atom stereocenters. The highest BCUT2D eigenvalue weighted by molar-refractivity contribution is 5.31. The number of nitrogens with zero attached hydrogens (tertiary/aromatic N) is 2. The monoisotopic (exact) mass is 167 g/mol. The number of nitrogens with two attached hydrogens (primary N) is 1. The van der Waals surface area contributed by atoms with E-state index in [9.17, 15) is 0 Å². The van der Waals surface area contributed by atoms with Crippen LogP contribution in [-0.2, 0) is 0 Å². The zero-order valence-corrected chi connectivity index (χ0v) is 8.20. The third-order valence-electron chi connectivity index (χ3n) is 1.86. The molecule has 3 nitrogen and oxygen atoms in total. The first-order chi connectivity index (χ1) is 5.52. The van der Waals surface area contributed by atoms with E-state index in [1.54, 1.807) is 0 Å². The first-order valence-corrected chi connectivity index (χ1v) is 4.37. The van der Waals surface area contributed by atoms with E-state index in [-0.39, 0.29) is 0 Å². The van der Waals surface area contributed by atoms with Gasteiger partial charge in [0.05, 0.1) is 0 Å². The summed E-state index contributed by atoms with van der Waals surface area (Å²) in [5.41, 5.74) is 6.83. The molecule has 1 aromatic rings.